The van der Waals surface area contributed by atoms with Gasteiger partial charge >= 0.3 is 0 Å². The van der Waals surface area contributed by atoms with E-state index in [1.165, 1.54) is 38.5 Å². The molecular formula is C37H43FN8O. The first kappa shape index (κ1) is 29.3. The molecule has 9 nitrogen and oxygen atoms in total. The van der Waals surface area contributed by atoms with Gasteiger partial charge in [-0.15, -0.1) is 0 Å². The van der Waals surface area contributed by atoms with E-state index < -0.39 is 11.2 Å². The number of carbonyl (C=O) groups is 1. The van der Waals surface area contributed by atoms with Crippen LogP contribution in [-0.2, 0) is 10.2 Å². The number of rotatable bonds is 6. The fraction of sp³-hybridized carbons (Fsp3) is 0.514. The molecule has 6 heterocycles. The summed E-state index contributed by atoms with van der Waals surface area (Å²) in [6.07, 6.45) is 12.5. The van der Waals surface area contributed by atoms with Crippen molar-refractivity contribution in [3.63, 3.8) is 0 Å². The predicted molar refractivity (Wildman–Crippen MR) is 181 cm³/mol. The molecule has 5 aliphatic rings. The van der Waals surface area contributed by atoms with Crippen LogP contribution in [0, 0.1) is 17.7 Å². The van der Waals surface area contributed by atoms with Gasteiger partial charge in [-0.3, -0.25) is 14.7 Å². The first-order valence-electron chi connectivity index (χ1n) is 17.6. The van der Waals surface area contributed by atoms with E-state index in [0.29, 0.717) is 17.5 Å². The largest absolute Gasteiger partial charge is 0.336 e. The van der Waals surface area contributed by atoms with Crippen LogP contribution >= 0.6 is 0 Å². The Hall–Kier alpha value is -3.89. The lowest BCUT2D eigenvalue weighted by atomic mass is 9.74. The lowest BCUT2D eigenvalue weighted by Gasteiger charge is -2.46. The second-order valence-corrected chi connectivity index (χ2v) is 14.9. The van der Waals surface area contributed by atoms with Gasteiger partial charge in [-0.25, -0.2) is 14.4 Å². The van der Waals surface area contributed by atoms with Gasteiger partial charge in [0.15, 0.2) is 11.6 Å². The third-order valence-electron chi connectivity index (χ3n) is 12.0. The molecule has 2 atom stereocenters. The lowest BCUT2D eigenvalue weighted by molar-refractivity contribution is -0.125. The van der Waals surface area contributed by atoms with Gasteiger partial charge < -0.3 is 20.1 Å². The van der Waals surface area contributed by atoms with Crippen LogP contribution in [-0.4, -0.2) is 68.6 Å². The molecule has 0 radical (unpaired) electrons. The fourth-order valence-electron chi connectivity index (χ4n) is 9.38. The van der Waals surface area contributed by atoms with Crippen molar-refractivity contribution in [1.29, 1.82) is 0 Å². The Kier molecular flexibility index (Phi) is 6.90. The number of anilines is 3. The third-order valence-corrected chi connectivity index (χ3v) is 12.0. The minimum absolute atomic E-state index is 0.141. The monoisotopic (exact) mass is 634 g/mol. The second-order valence-electron chi connectivity index (χ2n) is 14.9. The molecule has 1 aromatic carbocycles. The number of hydrogen-bond donors (Lipinski definition) is 2. The molecule has 9 rings (SSSR count). The number of nitrogens with zero attached hydrogens (tertiary/aromatic N) is 6. The molecule has 0 bridgehead atoms. The van der Waals surface area contributed by atoms with Gasteiger partial charge in [0, 0.05) is 48.7 Å². The van der Waals surface area contributed by atoms with Crippen LogP contribution in [0.4, 0.5) is 21.6 Å². The van der Waals surface area contributed by atoms with Crippen LogP contribution in [0.3, 0.4) is 0 Å². The summed E-state index contributed by atoms with van der Waals surface area (Å²) >= 11 is 0. The van der Waals surface area contributed by atoms with Gasteiger partial charge in [-0.05, 0) is 101 Å². The Morgan fingerprint density at radius 1 is 1.04 bits per heavy atom. The molecule has 3 aliphatic heterocycles. The van der Waals surface area contributed by atoms with Crippen LogP contribution in [0.2, 0.25) is 0 Å². The molecule has 2 aliphatic carbocycles. The average Bonchev–Trinajstić information content (AvgIpc) is 3.82. The molecule has 4 fully saturated rings. The van der Waals surface area contributed by atoms with Crippen molar-refractivity contribution in [3.05, 3.63) is 60.4 Å². The van der Waals surface area contributed by atoms with Crippen LogP contribution in [0.25, 0.3) is 22.3 Å². The summed E-state index contributed by atoms with van der Waals surface area (Å²) in [6, 6.07) is 11.0. The number of amides is 1. The van der Waals surface area contributed by atoms with E-state index in [1.54, 1.807) is 12.3 Å². The zero-order valence-electron chi connectivity index (χ0n) is 27.3. The Bertz CT molecular complexity index is 1850. The van der Waals surface area contributed by atoms with Crippen LogP contribution in [0.5, 0.6) is 0 Å². The van der Waals surface area contributed by atoms with Gasteiger partial charge in [0.05, 0.1) is 34.8 Å². The first-order valence-corrected chi connectivity index (χ1v) is 17.6. The number of halogens is 1. The summed E-state index contributed by atoms with van der Waals surface area (Å²) in [5.41, 5.74) is 5.31. The van der Waals surface area contributed by atoms with Gasteiger partial charge in [-0.2, -0.15) is 0 Å². The van der Waals surface area contributed by atoms with E-state index in [2.05, 4.69) is 62.0 Å². The number of imidazole rings is 1. The van der Waals surface area contributed by atoms with Crippen molar-refractivity contribution >= 4 is 34.1 Å². The van der Waals surface area contributed by atoms with Crippen molar-refractivity contribution in [2.75, 3.05) is 36.4 Å². The average molecular weight is 635 g/mol. The summed E-state index contributed by atoms with van der Waals surface area (Å²) in [4.78, 5) is 33.2. The number of pyridine rings is 2. The quantitative estimate of drug-likeness (QED) is 0.262. The summed E-state index contributed by atoms with van der Waals surface area (Å²) in [5.74, 6) is 2.14. The number of hydrogen-bond acceptors (Lipinski definition) is 7. The molecular weight excluding hydrogens is 591 g/mol. The van der Waals surface area contributed by atoms with E-state index in [-0.39, 0.29) is 18.0 Å². The maximum Gasteiger partial charge on any atom is 0.238 e. The Balaban J connectivity index is 1.09. The normalized spacial score (nSPS) is 26.7. The third kappa shape index (κ3) is 4.62. The highest BCUT2D eigenvalue weighted by Crippen LogP contribution is 2.52. The number of likely N-dealkylation sites (tertiary alicyclic amines) is 1. The van der Waals surface area contributed by atoms with Crippen molar-refractivity contribution in [2.24, 2.45) is 11.8 Å². The van der Waals surface area contributed by atoms with Crippen molar-refractivity contribution < 1.29 is 9.18 Å². The topological polar surface area (TPSA) is 91.2 Å². The maximum atomic E-state index is 14.8. The minimum atomic E-state index is -0.464. The lowest BCUT2D eigenvalue weighted by Crippen LogP contribution is -2.57. The number of piperidine rings is 1. The van der Waals surface area contributed by atoms with E-state index in [4.69, 9.17) is 9.97 Å². The van der Waals surface area contributed by atoms with E-state index in [9.17, 15) is 9.18 Å². The van der Waals surface area contributed by atoms with Gasteiger partial charge in [0.1, 0.15) is 5.52 Å². The van der Waals surface area contributed by atoms with E-state index >= 15 is 0 Å². The molecule has 4 aromatic rings. The van der Waals surface area contributed by atoms with Crippen LogP contribution in [0.1, 0.15) is 70.4 Å². The van der Waals surface area contributed by atoms with E-state index in [0.717, 1.165) is 84.2 Å². The smallest absolute Gasteiger partial charge is 0.238 e. The first-order chi connectivity index (χ1) is 22.9. The highest BCUT2D eigenvalue weighted by molar-refractivity contribution is 6.09. The fourth-order valence-corrected chi connectivity index (χ4v) is 9.38. The van der Waals surface area contributed by atoms with Crippen molar-refractivity contribution in [2.45, 2.75) is 82.3 Å². The highest BCUT2D eigenvalue weighted by atomic mass is 19.1. The highest BCUT2D eigenvalue weighted by Gasteiger charge is 2.55. The standard InChI is InChI=1S/C37H43FN8O/c1-22(2)45-21-41-32-17-31(43-35(34(32)45)42-30-8-11-40-18-29(30)38)23-6-7-28-33(14-23)46(36(47)37(28)9-12-39-13-10-37)27-15-26(16-27)44-19-24-4-3-5-25(24)20-44/h6-8,11,14,17-18,21-22,24-27,39H,3-5,9-10,12-13,15-16,19-20H2,1-2H3,(H,40,42,43)/t24-,25+,26-,27+. The number of aromatic nitrogens is 4. The molecule has 1 amide bonds. The molecule has 244 valence electrons. The molecule has 10 heteroatoms. The zero-order valence-corrected chi connectivity index (χ0v) is 27.3. The molecule has 1 spiro atoms. The number of nitrogens with one attached hydrogen (secondary N) is 2. The van der Waals surface area contributed by atoms with Gasteiger partial charge in [0.25, 0.3) is 0 Å². The van der Waals surface area contributed by atoms with Crippen molar-refractivity contribution in [3.8, 4) is 11.3 Å². The molecule has 2 N–H and O–H groups in total. The number of fused-ring (bicyclic) bond motifs is 4. The Labute approximate surface area is 275 Å². The summed E-state index contributed by atoms with van der Waals surface area (Å²) in [6.45, 7) is 8.37. The molecule has 3 aromatic heterocycles. The predicted octanol–water partition coefficient (Wildman–Crippen LogP) is 6.19. The van der Waals surface area contributed by atoms with Crippen molar-refractivity contribution in [1.82, 2.24) is 29.7 Å². The van der Waals surface area contributed by atoms with Crippen LogP contribution in [0.15, 0.2) is 49.1 Å². The molecule has 47 heavy (non-hydrogen) atoms. The second kappa shape index (κ2) is 11.1. The number of carbonyl (C=O) groups excluding carboxylic acids is 1. The molecule has 0 unspecified atom stereocenters. The Morgan fingerprint density at radius 3 is 2.57 bits per heavy atom. The van der Waals surface area contributed by atoms with Gasteiger partial charge in [-0.1, -0.05) is 18.6 Å². The summed E-state index contributed by atoms with van der Waals surface area (Å²) in [5, 5.41) is 6.72. The SMILES string of the molecule is CC(C)n1cnc2cc(-c3ccc4c(c3)N([C@H]3C[C@@H](N5C[C@H]6CCC[C@H]6C5)C3)C(=O)C43CCNCC3)nc(Nc3ccncc3F)c21. The van der Waals surface area contributed by atoms with Gasteiger partial charge in [0.2, 0.25) is 5.91 Å². The maximum absolute atomic E-state index is 14.8. The molecule has 2 saturated carbocycles. The van der Waals surface area contributed by atoms with Crippen LogP contribution < -0.4 is 15.5 Å². The number of benzene rings is 1. The minimum Gasteiger partial charge on any atom is -0.336 e. The van der Waals surface area contributed by atoms with E-state index in [1.807, 2.05) is 12.4 Å². The zero-order chi connectivity index (χ0) is 31.9. The molecule has 2 saturated heterocycles. The Morgan fingerprint density at radius 2 is 1.83 bits per heavy atom. The summed E-state index contributed by atoms with van der Waals surface area (Å²) < 4.78 is 16.8. The summed E-state index contributed by atoms with van der Waals surface area (Å²) in [7, 11) is 0.